The predicted octanol–water partition coefficient (Wildman–Crippen LogP) is 4.34. The fraction of sp³-hybridized carbons (Fsp3) is 0.579. The first-order valence-corrected chi connectivity index (χ1v) is 8.47. The van der Waals surface area contributed by atoms with Crippen LogP contribution in [0.5, 0.6) is 0 Å². The predicted molar refractivity (Wildman–Crippen MR) is 91.1 cm³/mol. The van der Waals surface area contributed by atoms with Crippen molar-refractivity contribution >= 4 is 11.7 Å². The number of amides is 1. The number of fused-ring (bicyclic) bond motifs is 2. The second-order valence-electron chi connectivity index (χ2n) is 7.69. The maximum atomic E-state index is 12.6. The van der Waals surface area contributed by atoms with Crippen LogP contribution in [0.15, 0.2) is 24.5 Å². The highest BCUT2D eigenvalue weighted by Crippen LogP contribution is 2.37. The Balaban J connectivity index is 1.86. The second kappa shape index (κ2) is 5.99. The Hall–Kier alpha value is -1.84. The number of rotatable bonds is 1. The number of aryl methyl sites for hydroxylation is 1. The number of carbonyl (C=O) groups excluding carboxylic acids is 1. The number of ether oxygens (including phenoxy) is 1. The van der Waals surface area contributed by atoms with E-state index >= 15 is 0 Å². The van der Waals surface area contributed by atoms with Gasteiger partial charge in [0.05, 0.1) is 6.04 Å². The van der Waals surface area contributed by atoms with Gasteiger partial charge in [-0.25, -0.2) is 4.79 Å². The first-order chi connectivity index (χ1) is 10.8. The summed E-state index contributed by atoms with van der Waals surface area (Å²) in [5, 5.41) is 0. The number of hydrogen-bond acceptors (Lipinski definition) is 3. The molecule has 2 bridgehead atoms. The van der Waals surface area contributed by atoms with Crippen molar-refractivity contribution in [3.05, 3.63) is 35.7 Å². The highest BCUT2D eigenvalue weighted by Gasteiger charge is 2.39. The summed E-state index contributed by atoms with van der Waals surface area (Å²) in [4.78, 5) is 18.9. The minimum Gasteiger partial charge on any atom is -0.444 e. The Labute approximate surface area is 138 Å². The lowest BCUT2D eigenvalue weighted by molar-refractivity contribution is 0.0000846. The number of hydrogen-bond donors (Lipinski definition) is 0. The van der Waals surface area contributed by atoms with Crippen molar-refractivity contribution in [1.82, 2.24) is 9.88 Å². The van der Waals surface area contributed by atoms with Gasteiger partial charge in [-0.1, -0.05) is 6.08 Å². The summed E-state index contributed by atoms with van der Waals surface area (Å²) in [6.07, 6.45) is 10.00. The molecule has 1 amide bonds. The lowest BCUT2D eigenvalue weighted by Gasteiger charge is -2.45. The molecule has 0 aliphatic carbocycles. The van der Waals surface area contributed by atoms with Gasteiger partial charge in [0.25, 0.3) is 0 Å². The Morgan fingerprint density at radius 3 is 2.74 bits per heavy atom. The van der Waals surface area contributed by atoms with E-state index < -0.39 is 5.60 Å². The molecule has 3 heterocycles. The first-order valence-electron chi connectivity index (χ1n) is 8.47. The molecule has 124 valence electrons. The number of aromatic nitrogens is 1. The number of piperidine rings is 1. The standard InChI is InChI=1S/C19H26N2O2/c1-13-8-15(12-20-11-13)14-9-16-6-5-7-17(10-14)21(16)18(22)23-19(2,3)4/h8-9,11-12,16-17H,5-7,10H2,1-4H3. The summed E-state index contributed by atoms with van der Waals surface area (Å²) in [5.74, 6) is 0. The summed E-state index contributed by atoms with van der Waals surface area (Å²) in [5.41, 5.74) is 3.22. The van der Waals surface area contributed by atoms with Crippen LogP contribution in [0.1, 0.15) is 57.6 Å². The highest BCUT2D eigenvalue weighted by molar-refractivity contribution is 5.74. The molecule has 0 N–H and O–H groups in total. The van der Waals surface area contributed by atoms with Gasteiger partial charge in [0.1, 0.15) is 5.60 Å². The van der Waals surface area contributed by atoms with Crippen LogP contribution in [-0.4, -0.2) is 33.7 Å². The summed E-state index contributed by atoms with van der Waals surface area (Å²) >= 11 is 0. The Morgan fingerprint density at radius 1 is 1.30 bits per heavy atom. The molecule has 1 aromatic rings. The van der Waals surface area contributed by atoms with Gasteiger partial charge in [0.2, 0.25) is 0 Å². The fourth-order valence-electron chi connectivity index (χ4n) is 3.57. The van der Waals surface area contributed by atoms with Crippen molar-refractivity contribution in [1.29, 1.82) is 0 Å². The van der Waals surface area contributed by atoms with E-state index in [1.54, 1.807) is 0 Å². The molecule has 0 aromatic carbocycles. The van der Waals surface area contributed by atoms with E-state index in [-0.39, 0.29) is 18.2 Å². The third-order valence-electron chi connectivity index (χ3n) is 4.49. The maximum Gasteiger partial charge on any atom is 0.411 e. The van der Waals surface area contributed by atoms with Crippen LogP contribution >= 0.6 is 0 Å². The molecule has 1 aromatic heterocycles. The van der Waals surface area contributed by atoms with Gasteiger partial charge in [-0.05, 0) is 76.1 Å². The SMILES string of the molecule is Cc1cncc(C2=CC3CCCC(C2)N3C(=O)OC(C)(C)C)c1. The van der Waals surface area contributed by atoms with Crippen molar-refractivity contribution < 1.29 is 9.53 Å². The molecule has 1 fully saturated rings. The summed E-state index contributed by atoms with van der Waals surface area (Å²) in [6, 6.07) is 2.56. The average Bonchev–Trinajstić information content (AvgIpc) is 2.44. The van der Waals surface area contributed by atoms with Gasteiger partial charge in [-0.3, -0.25) is 9.88 Å². The number of carbonyl (C=O) groups is 1. The zero-order valence-corrected chi connectivity index (χ0v) is 14.5. The molecule has 1 saturated heterocycles. The molecule has 0 spiro atoms. The largest absolute Gasteiger partial charge is 0.444 e. The lowest BCUT2D eigenvalue weighted by atomic mass is 9.83. The van der Waals surface area contributed by atoms with Crippen molar-refractivity contribution in [3.8, 4) is 0 Å². The van der Waals surface area contributed by atoms with Gasteiger partial charge in [0, 0.05) is 18.4 Å². The molecule has 2 aliphatic heterocycles. The van der Waals surface area contributed by atoms with E-state index in [0.29, 0.717) is 0 Å². The monoisotopic (exact) mass is 314 g/mol. The molecular formula is C19H26N2O2. The molecule has 2 unspecified atom stereocenters. The van der Waals surface area contributed by atoms with E-state index in [1.165, 1.54) is 23.1 Å². The fourth-order valence-corrected chi connectivity index (χ4v) is 3.57. The third kappa shape index (κ3) is 3.57. The van der Waals surface area contributed by atoms with Crippen LogP contribution in [0.25, 0.3) is 5.57 Å². The first kappa shape index (κ1) is 16.0. The van der Waals surface area contributed by atoms with Crippen LogP contribution in [0.2, 0.25) is 0 Å². The quantitative estimate of drug-likeness (QED) is 0.774. The van der Waals surface area contributed by atoms with Gasteiger partial charge in [-0.2, -0.15) is 0 Å². The molecule has 0 saturated carbocycles. The second-order valence-corrected chi connectivity index (χ2v) is 7.69. The normalized spacial score (nSPS) is 24.2. The van der Waals surface area contributed by atoms with E-state index in [4.69, 9.17) is 4.74 Å². The van der Waals surface area contributed by atoms with Gasteiger partial charge in [-0.15, -0.1) is 0 Å². The van der Waals surface area contributed by atoms with Crippen LogP contribution < -0.4 is 0 Å². The molecule has 2 aliphatic rings. The minimum absolute atomic E-state index is 0.146. The number of pyridine rings is 1. The van der Waals surface area contributed by atoms with Gasteiger partial charge >= 0.3 is 6.09 Å². The lowest BCUT2D eigenvalue weighted by Crippen LogP contribution is -2.53. The summed E-state index contributed by atoms with van der Waals surface area (Å²) in [7, 11) is 0. The van der Waals surface area contributed by atoms with Crippen molar-refractivity contribution in [2.45, 2.75) is 71.1 Å². The Bertz CT molecular complexity index is 631. The third-order valence-corrected chi connectivity index (χ3v) is 4.49. The number of nitrogens with zero attached hydrogens (tertiary/aromatic N) is 2. The molecule has 4 heteroatoms. The van der Waals surface area contributed by atoms with Crippen LogP contribution in [0.4, 0.5) is 4.79 Å². The molecule has 3 rings (SSSR count). The topological polar surface area (TPSA) is 42.4 Å². The minimum atomic E-state index is -0.449. The molecular weight excluding hydrogens is 288 g/mol. The summed E-state index contributed by atoms with van der Waals surface area (Å²) in [6.45, 7) is 7.83. The Morgan fingerprint density at radius 2 is 2.09 bits per heavy atom. The van der Waals surface area contributed by atoms with E-state index in [0.717, 1.165) is 19.3 Å². The van der Waals surface area contributed by atoms with Crippen molar-refractivity contribution in [2.24, 2.45) is 0 Å². The smallest absolute Gasteiger partial charge is 0.411 e. The van der Waals surface area contributed by atoms with E-state index in [9.17, 15) is 4.79 Å². The zero-order valence-electron chi connectivity index (χ0n) is 14.5. The van der Waals surface area contributed by atoms with Crippen molar-refractivity contribution in [2.75, 3.05) is 0 Å². The maximum absolute atomic E-state index is 12.6. The average molecular weight is 314 g/mol. The van der Waals surface area contributed by atoms with Crippen LogP contribution in [0.3, 0.4) is 0 Å². The van der Waals surface area contributed by atoms with Gasteiger partial charge < -0.3 is 4.74 Å². The molecule has 4 nitrogen and oxygen atoms in total. The van der Waals surface area contributed by atoms with Crippen molar-refractivity contribution in [3.63, 3.8) is 0 Å². The molecule has 23 heavy (non-hydrogen) atoms. The van der Waals surface area contributed by atoms with Gasteiger partial charge in [0.15, 0.2) is 0 Å². The summed E-state index contributed by atoms with van der Waals surface area (Å²) < 4.78 is 5.62. The Kier molecular flexibility index (Phi) is 4.17. The van der Waals surface area contributed by atoms with E-state index in [1.807, 2.05) is 38.1 Å². The van der Waals surface area contributed by atoms with Crippen LogP contribution in [0, 0.1) is 6.92 Å². The molecule has 0 radical (unpaired) electrons. The van der Waals surface area contributed by atoms with E-state index in [2.05, 4.69) is 24.1 Å². The highest BCUT2D eigenvalue weighted by atomic mass is 16.6. The zero-order chi connectivity index (χ0) is 16.6. The molecule has 2 atom stereocenters. The van der Waals surface area contributed by atoms with Crippen LogP contribution in [-0.2, 0) is 4.74 Å².